The van der Waals surface area contributed by atoms with Gasteiger partial charge in [0.25, 0.3) is 0 Å². The first kappa shape index (κ1) is 17.6. The van der Waals surface area contributed by atoms with Crippen molar-refractivity contribution < 1.29 is 9.84 Å². The SMILES string of the molecule is Cc1ncsc1CCOCC(O)CNC(C)C(C)(C)C. The maximum Gasteiger partial charge on any atom is 0.0897 e. The van der Waals surface area contributed by atoms with E-state index in [4.69, 9.17) is 4.74 Å². The van der Waals surface area contributed by atoms with Crippen LogP contribution in [-0.2, 0) is 11.2 Å². The Morgan fingerprint density at radius 2 is 2.15 bits per heavy atom. The number of rotatable bonds is 8. The molecular formula is C15H28N2O2S. The summed E-state index contributed by atoms with van der Waals surface area (Å²) in [6.45, 7) is 12.3. The molecule has 116 valence electrons. The molecule has 1 aromatic heterocycles. The zero-order valence-electron chi connectivity index (χ0n) is 13.3. The normalized spacial score (nSPS) is 15.3. The summed E-state index contributed by atoms with van der Waals surface area (Å²) in [4.78, 5) is 5.47. The van der Waals surface area contributed by atoms with Gasteiger partial charge in [-0.2, -0.15) is 0 Å². The third-order valence-electron chi connectivity index (χ3n) is 3.59. The summed E-state index contributed by atoms with van der Waals surface area (Å²) in [7, 11) is 0. The van der Waals surface area contributed by atoms with Gasteiger partial charge in [0, 0.05) is 23.9 Å². The van der Waals surface area contributed by atoms with Gasteiger partial charge in [-0.05, 0) is 19.3 Å². The summed E-state index contributed by atoms with van der Waals surface area (Å²) < 4.78 is 5.53. The largest absolute Gasteiger partial charge is 0.389 e. The van der Waals surface area contributed by atoms with E-state index in [-0.39, 0.29) is 5.41 Å². The Kier molecular flexibility index (Phi) is 7.09. The molecule has 0 radical (unpaired) electrons. The van der Waals surface area contributed by atoms with E-state index in [1.54, 1.807) is 11.3 Å². The Hall–Kier alpha value is -0.490. The first-order chi connectivity index (χ1) is 9.30. The molecule has 4 nitrogen and oxygen atoms in total. The third kappa shape index (κ3) is 6.31. The van der Waals surface area contributed by atoms with Crippen molar-refractivity contribution in [2.75, 3.05) is 19.8 Å². The van der Waals surface area contributed by atoms with Crippen LogP contribution in [0.1, 0.15) is 38.3 Å². The standard InChI is InChI=1S/C15H28N2O2S/c1-11-14(20-10-17-11)6-7-19-9-13(18)8-16-12(2)15(3,4)5/h10,12-13,16,18H,6-9H2,1-5H3. The molecule has 5 heteroatoms. The maximum atomic E-state index is 9.88. The fourth-order valence-corrected chi connectivity index (χ4v) is 2.39. The lowest BCUT2D eigenvalue weighted by atomic mass is 9.88. The van der Waals surface area contributed by atoms with E-state index < -0.39 is 6.10 Å². The second-order valence-corrected chi connectivity index (χ2v) is 7.27. The van der Waals surface area contributed by atoms with Crippen LogP contribution < -0.4 is 5.32 Å². The fraction of sp³-hybridized carbons (Fsp3) is 0.800. The highest BCUT2D eigenvalue weighted by molar-refractivity contribution is 7.09. The van der Waals surface area contributed by atoms with Gasteiger partial charge in [0.05, 0.1) is 30.5 Å². The van der Waals surface area contributed by atoms with Crippen LogP contribution in [0.2, 0.25) is 0 Å². The van der Waals surface area contributed by atoms with E-state index in [1.807, 2.05) is 12.4 Å². The molecule has 20 heavy (non-hydrogen) atoms. The highest BCUT2D eigenvalue weighted by atomic mass is 32.1. The van der Waals surface area contributed by atoms with E-state index in [9.17, 15) is 5.11 Å². The number of nitrogens with one attached hydrogen (secondary N) is 1. The van der Waals surface area contributed by atoms with Gasteiger partial charge in [-0.1, -0.05) is 20.8 Å². The van der Waals surface area contributed by atoms with Crippen LogP contribution in [0.25, 0.3) is 0 Å². The molecule has 0 saturated heterocycles. The van der Waals surface area contributed by atoms with Gasteiger partial charge in [0.1, 0.15) is 0 Å². The van der Waals surface area contributed by atoms with Gasteiger partial charge >= 0.3 is 0 Å². The minimum absolute atomic E-state index is 0.199. The minimum Gasteiger partial charge on any atom is -0.389 e. The number of aromatic nitrogens is 1. The third-order valence-corrected chi connectivity index (χ3v) is 4.58. The van der Waals surface area contributed by atoms with Crippen LogP contribution in [-0.4, -0.2) is 42.0 Å². The molecule has 0 saturated carbocycles. The molecule has 1 rings (SSSR count). The molecule has 1 aromatic rings. The van der Waals surface area contributed by atoms with Crippen LogP contribution in [0, 0.1) is 12.3 Å². The average molecular weight is 300 g/mol. The lowest BCUT2D eigenvalue weighted by Crippen LogP contribution is -2.42. The zero-order valence-corrected chi connectivity index (χ0v) is 14.1. The number of aryl methyl sites for hydroxylation is 1. The van der Waals surface area contributed by atoms with E-state index in [1.165, 1.54) is 4.88 Å². The van der Waals surface area contributed by atoms with Crippen molar-refractivity contribution >= 4 is 11.3 Å². The Morgan fingerprint density at radius 3 is 2.70 bits per heavy atom. The lowest BCUT2D eigenvalue weighted by Gasteiger charge is -2.29. The van der Waals surface area contributed by atoms with Crippen molar-refractivity contribution in [1.82, 2.24) is 10.3 Å². The summed E-state index contributed by atoms with van der Waals surface area (Å²) in [6, 6.07) is 0.358. The van der Waals surface area contributed by atoms with Gasteiger partial charge in [0.2, 0.25) is 0 Å². The number of hydrogen-bond donors (Lipinski definition) is 2. The van der Waals surface area contributed by atoms with Crippen molar-refractivity contribution in [3.63, 3.8) is 0 Å². The Labute approximate surface area is 126 Å². The molecule has 0 aliphatic heterocycles. The topological polar surface area (TPSA) is 54.4 Å². The summed E-state index contributed by atoms with van der Waals surface area (Å²) in [6.07, 6.45) is 0.414. The molecule has 0 spiro atoms. The second kappa shape index (κ2) is 8.08. The van der Waals surface area contributed by atoms with E-state index in [2.05, 4.69) is 38.0 Å². The molecule has 0 bridgehead atoms. The molecule has 0 aromatic carbocycles. The summed E-state index contributed by atoms with van der Waals surface area (Å²) in [5, 5.41) is 13.2. The fourth-order valence-electron chi connectivity index (χ4n) is 1.63. The van der Waals surface area contributed by atoms with Crippen LogP contribution in [0.3, 0.4) is 0 Å². The van der Waals surface area contributed by atoms with E-state index in [0.29, 0.717) is 25.8 Å². The van der Waals surface area contributed by atoms with Gasteiger partial charge in [0.15, 0.2) is 0 Å². The quantitative estimate of drug-likeness (QED) is 0.724. The Balaban J connectivity index is 2.11. The number of hydrogen-bond acceptors (Lipinski definition) is 5. The predicted octanol–water partition coefficient (Wildman–Crippen LogP) is 2.40. The number of thiazole rings is 1. The highest BCUT2D eigenvalue weighted by Gasteiger charge is 2.20. The molecular weight excluding hydrogens is 272 g/mol. The van der Waals surface area contributed by atoms with Crippen molar-refractivity contribution in [3.8, 4) is 0 Å². The van der Waals surface area contributed by atoms with Gasteiger partial charge in [-0.3, -0.25) is 0 Å². The van der Waals surface area contributed by atoms with Gasteiger partial charge in [-0.25, -0.2) is 4.98 Å². The first-order valence-corrected chi connectivity index (χ1v) is 8.07. The second-order valence-electron chi connectivity index (χ2n) is 6.34. The molecule has 0 fully saturated rings. The first-order valence-electron chi connectivity index (χ1n) is 7.19. The molecule has 0 aliphatic rings. The number of aliphatic hydroxyl groups excluding tert-OH is 1. The van der Waals surface area contributed by atoms with Gasteiger partial charge < -0.3 is 15.2 Å². The van der Waals surface area contributed by atoms with Crippen molar-refractivity contribution in [1.29, 1.82) is 0 Å². The summed E-state index contributed by atoms with van der Waals surface area (Å²) in [5.41, 5.74) is 3.14. The molecule has 0 aliphatic carbocycles. The lowest BCUT2D eigenvalue weighted by molar-refractivity contribution is 0.0353. The monoisotopic (exact) mass is 300 g/mol. The van der Waals surface area contributed by atoms with Crippen LogP contribution in [0.15, 0.2) is 5.51 Å². The highest BCUT2D eigenvalue weighted by Crippen LogP contribution is 2.18. The Morgan fingerprint density at radius 1 is 1.45 bits per heavy atom. The van der Waals surface area contributed by atoms with E-state index >= 15 is 0 Å². The van der Waals surface area contributed by atoms with Crippen LogP contribution in [0.4, 0.5) is 0 Å². The minimum atomic E-state index is -0.456. The smallest absolute Gasteiger partial charge is 0.0897 e. The molecule has 1 heterocycles. The maximum absolute atomic E-state index is 9.88. The van der Waals surface area contributed by atoms with Gasteiger partial charge in [-0.15, -0.1) is 11.3 Å². The van der Waals surface area contributed by atoms with E-state index in [0.717, 1.165) is 12.1 Å². The summed E-state index contributed by atoms with van der Waals surface area (Å²) >= 11 is 1.66. The molecule has 0 amide bonds. The number of ether oxygens (including phenoxy) is 1. The number of nitrogens with zero attached hydrogens (tertiary/aromatic N) is 1. The predicted molar refractivity (Wildman–Crippen MR) is 84.3 cm³/mol. The van der Waals surface area contributed by atoms with Crippen LogP contribution in [0.5, 0.6) is 0 Å². The number of aliphatic hydroxyl groups is 1. The van der Waals surface area contributed by atoms with Crippen molar-refractivity contribution in [2.45, 2.75) is 53.2 Å². The molecule has 2 atom stereocenters. The molecule has 2 unspecified atom stereocenters. The zero-order chi connectivity index (χ0) is 15.2. The van der Waals surface area contributed by atoms with Crippen LogP contribution >= 0.6 is 11.3 Å². The summed E-state index contributed by atoms with van der Waals surface area (Å²) in [5.74, 6) is 0. The van der Waals surface area contributed by atoms with Crippen molar-refractivity contribution in [3.05, 3.63) is 16.1 Å². The average Bonchev–Trinajstić information content (AvgIpc) is 2.76. The van der Waals surface area contributed by atoms with Crippen molar-refractivity contribution in [2.24, 2.45) is 5.41 Å². The molecule has 2 N–H and O–H groups in total. The Bertz CT molecular complexity index is 387.